The van der Waals surface area contributed by atoms with Crippen LogP contribution in [0.15, 0.2) is 86.2 Å². The van der Waals surface area contributed by atoms with E-state index in [1.807, 2.05) is 0 Å². The molecule has 0 fully saturated rings. The number of aromatic amines is 1. The Bertz CT molecular complexity index is 1740. The number of ether oxygens (including phenoxy) is 2. The molecule has 0 spiro atoms. The zero-order chi connectivity index (χ0) is 27.4. The molecule has 1 heterocycles. The van der Waals surface area contributed by atoms with E-state index in [0.29, 0.717) is 11.4 Å². The van der Waals surface area contributed by atoms with E-state index < -0.39 is 27.2 Å². The highest BCUT2D eigenvalue weighted by atomic mass is 32.2. The van der Waals surface area contributed by atoms with Crippen molar-refractivity contribution in [2.24, 2.45) is 4.99 Å². The fourth-order valence-corrected chi connectivity index (χ4v) is 4.73. The van der Waals surface area contributed by atoms with Crippen molar-refractivity contribution in [1.82, 2.24) is 9.55 Å². The van der Waals surface area contributed by atoms with E-state index in [1.54, 1.807) is 43.3 Å². The molecule has 4 aromatic rings. The molecule has 196 valence electrons. The summed E-state index contributed by atoms with van der Waals surface area (Å²) in [4.78, 5) is 31.1. The van der Waals surface area contributed by atoms with Crippen molar-refractivity contribution >= 4 is 27.6 Å². The predicted molar refractivity (Wildman–Crippen MR) is 143 cm³/mol. The van der Waals surface area contributed by atoms with Crippen LogP contribution in [0.1, 0.15) is 11.1 Å². The number of benzene rings is 3. The number of rotatable bonds is 8. The van der Waals surface area contributed by atoms with Gasteiger partial charge in [0.1, 0.15) is 22.7 Å². The standard InChI is InChI=1S/C26H24N4O7S/c1-16-6-4-5-7-21(16)29-38(34,35)19-12-13-22(23(14-19)37-3)27-15-20-24(31)28-26(33)30(25(20)32)17-8-10-18(36-2)11-9-17/h4-15,29,32H,1-3H3,(H,28,31,33). The fraction of sp³-hybridized carbons (Fsp3) is 0.115. The first kappa shape index (κ1) is 26.2. The average Bonchev–Trinajstić information content (AvgIpc) is 2.90. The molecule has 3 N–H and O–H groups in total. The van der Waals surface area contributed by atoms with E-state index in [1.165, 1.54) is 44.6 Å². The lowest BCUT2D eigenvalue weighted by Gasteiger charge is -2.12. The number of para-hydroxylation sites is 1. The molecular weight excluding hydrogens is 512 g/mol. The molecule has 0 radical (unpaired) electrons. The van der Waals surface area contributed by atoms with Gasteiger partial charge in [-0.3, -0.25) is 19.5 Å². The molecule has 11 nitrogen and oxygen atoms in total. The molecule has 0 amide bonds. The van der Waals surface area contributed by atoms with E-state index in [0.717, 1.165) is 16.3 Å². The van der Waals surface area contributed by atoms with E-state index >= 15 is 0 Å². The number of aromatic hydroxyl groups is 1. The highest BCUT2D eigenvalue weighted by molar-refractivity contribution is 7.92. The van der Waals surface area contributed by atoms with Crippen LogP contribution in [0, 0.1) is 6.92 Å². The van der Waals surface area contributed by atoms with Gasteiger partial charge in [-0.15, -0.1) is 0 Å². The molecule has 0 aliphatic rings. The van der Waals surface area contributed by atoms with E-state index in [4.69, 9.17) is 9.47 Å². The minimum absolute atomic E-state index is 0.0645. The third-order valence-electron chi connectivity index (χ3n) is 5.64. The SMILES string of the molecule is COc1ccc(-n2c(O)c(C=Nc3ccc(S(=O)(=O)Nc4ccccc4C)cc3OC)c(=O)[nH]c2=O)cc1. The predicted octanol–water partition coefficient (Wildman–Crippen LogP) is 3.11. The number of hydrogen-bond acceptors (Lipinski definition) is 8. The summed E-state index contributed by atoms with van der Waals surface area (Å²) in [5.74, 6) is 0.0146. The van der Waals surface area contributed by atoms with Gasteiger partial charge in [-0.1, -0.05) is 18.2 Å². The summed E-state index contributed by atoms with van der Waals surface area (Å²) in [5.41, 5.74) is -0.332. The third kappa shape index (κ3) is 5.30. The Hall–Kier alpha value is -4.84. The van der Waals surface area contributed by atoms with Crippen LogP contribution in [-0.4, -0.2) is 43.5 Å². The Labute approximate surface area is 217 Å². The summed E-state index contributed by atoms with van der Waals surface area (Å²) >= 11 is 0. The van der Waals surface area contributed by atoms with Gasteiger partial charge in [0.25, 0.3) is 15.6 Å². The number of hydrogen-bond donors (Lipinski definition) is 3. The van der Waals surface area contributed by atoms with Crippen molar-refractivity contribution in [2.45, 2.75) is 11.8 Å². The molecule has 38 heavy (non-hydrogen) atoms. The molecular formula is C26H24N4O7S. The first-order chi connectivity index (χ1) is 18.1. The number of sulfonamides is 1. The van der Waals surface area contributed by atoms with Crippen molar-refractivity contribution < 1.29 is 23.0 Å². The lowest BCUT2D eigenvalue weighted by Crippen LogP contribution is -2.31. The second-order valence-corrected chi connectivity index (χ2v) is 9.72. The molecule has 4 rings (SSSR count). The Morgan fingerprint density at radius 3 is 2.37 bits per heavy atom. The topological polar surface area (TPSA) is 152 Å². The molecule has 0 aliphatic carbocycles. The first-order valence-electron chi connectivity index (χ1n) is 11.2. The third-order valence-corrected chi connectivity index (χ3v) is 7.00. The van der Waals surface area contributed by atoms with Crippen molar-refractivity contribution in [3.05, 3.63) is 98.7 Å². The number of H-pyrrole nitrogens is 1. The first-order valence-corrected chi connectivity index (χ1v) is 12.7. The monoisotopic (exact) mass is 536 g/mol. The number of methoxy groups -OCH3 is 2. The Kier molecular flexibility index (Phi) is 7.35. The smallest absolute Gasteiger partial charge is 0.335 e. The summed E-state index contributed by atoms with van der Waals surface area (Å²) in [6.45, 7) is 1.78. The van der Waals surface area contributed by atoms with Gasteiger partial charge >= 0.3 is 5.69 Å². The van der Waals surface area contributed by atoms with Crippen LogP contribution in [0.4, 0.5) is 11.4 Å². The van der Waals surface area contributed by atoms with Crippen LogP contribution < -0.4 is 25.4 Å². The molecule has 12 heteroatoms. The summed E-state index contributed by atoms with van der Waals surface area (Å²) in [6.07, 6.45) is 1.06. The lowest BCUT2D eigenvalue weighted by atomic mass is 10.2. The molecule has 0 aliphatic heterocycles. The molecule has 0 atom stereocenters. The maximum Gasteiger partial charge on any atom is 0.335 e. The quantitative estimate of drug-likeness (QED) is 0.293. The normalized spacial score (nSPS) is 11.4. The van der Waals surface area contributed by atoms with E-state index in [-0.39, 0.29) is 27.6 Å². The van der Waals surface area contributed by atoms with E-state index in [2.05, 4.69) is 14.7 Å². The van der Waals surface area contributed by atoms with Crippen molar-refractivity contribution in [1.29, 1.82) is 0 Å². The fourth-order valence-electron chi connectivity index (χ4n) is 3.58. The van der Waals surface area contributed by atoms with Gasteiger partial charge in [-0.05, 0) is 55.0 Å². The van der Waals surface area contributed by atoms with Crippen LogP contribution >= 0.6 is 0 Å². The summed E-state index contributed by atoms with van der Waals surface area (Å²) in [7, 11) is -1.10. The van der Waals surface area contributed by atoms with Gasteiger partial charge in [0.2, 0.25) is 5.88 Å². The van der Waals surface area contributed by atoms with Gasteiger partial charge < -0.3 is 14.6 Å². The summed E-state index contributed by atoms with van der Waals surface area (Å²) < 4.78 is 39.7. The van der Waals surface area contributed by atoms with Gasteiger partial charge in [0, 0.05) is 12.3 Å². The van der Waals surface area contributed by atoms with Crippen LogP contribution in [0.5, 0.6) is 17.4 Å². The van der Waals surface area contributed by atoms with Gasteiger partial charge in [0.15, 0.2) is 0 Å². The van der Waals surface area contributed by atoms with Gasteiger partial charge in [-0.25, -0.2) is 17.8 Å². The number of nitrogens with one attached hydrogen (secondary N) is 2. The average molecular weight is 537 g/mol. The molecule has 0 saturated carbocycles. The highest BCUT2D eigenvalue weighted by Crippen LogP contribution is 2.31. The number of aliphatic imine (C=N–C) groups is 1. The van der Waals surface area contributed by atoms with E-state index in [9.17, 15) is 23.1 Å². The molecule has 0 bridgehead atoms. The molecule has 0 saturated heterocycles. The summed E-state index contributed by atoms with van der Waals surface area (Å²) in [6, 6.07) is 17.2. The minimum atomic E-state index is -3.94. The minimum Gasteiger partial charge on any atom is -0.497 e. The largest absolute Gasteiger partial charge is 0.497 e. The Morgan fingerprint density at radius 1 is 1.00 bits per heavy atom. The number of anilines is 1. The van der Waals surface area contributed by atoms with Crippen LogP contribution in [0.2, 0.25) is 0 Å². The lowest BCUT2D eigenvalue weighted by molar-refractivity contribution is 0.414. The van der Waals surface area contributed by atoms with Crippen LogP contribution in [-0.2, 0) is 10.0 Å². The summed E-state index contributed by atoms with van der Waals surface area (Å²) in [5, 5.41) is 10.7. The molecule has 1 aromatic heterocycles. The zero-order valence-electron chi connectivity index (χ0n) is 20.6. The molecule has 0 unspecified atom stereocenters. The zero-order valence-corrected chi connectivity index (χ0v) is 21.4. The highest BCUT2D eigenvalue weighted by Gasteiger charge is 2.18. The van der Waals surface area contributed by atoms with Crippen molar-refractivity contribution in [3.8, 4) is 23.1 Å². The van der Waals surface area contributed by atoms with Crippen molar-refractivity contribution in [3.63, 3.8) is 0 Å². The number of aryl methyl sites for hydroxylation is 1. The molecule has 3 aromatic carbocycles. The van der Waals surface area contributed by atoms with Crippen molar-refractivity contribution in [2.75, 3.05) is 18.9 Å². The van der Waals surface area contributed by atoms with Gasteiger partial charge in [0.05, 0.1) is 30.5 Å². The van der Waals surface area contributed by atoms with Crippen LogP contribution in [0.3, 0.4) is 0 Å². The maximum atomic E-state index is 12.9. The number of aromatic nitrogens is 2. The second kappa shape index (κ2) is 10.6. The maximum absolute atomic E-state index is 12.9. The van der Waals surface area contributed by atoms with Gasteiger partial charge in [-0.2, -0.15) is 0 Å². The second-order valence-electron chi connectivity index (χ2n) is 8.04. The van der Waals surface area contributed by atoms with Crippen LogP contribution in [0.25, 0.3) is 5.69 Å². The Balaban J connectivity index is 1.69. The number of nitrogens with zero attached hydrogens (tertiary/aromatic N) is 2. The Morgan fingerprint density at radius 2 is 1.71 bits per heavy atom.